The van der Waals surface area contributed by atoms with Gasteiger partial charge in [-0.05, 0) is 31.5 Å². The Kier molecular flexibility index (Phi) is 6.39. The topological polar surface area (TPSA) is 38.8 Å². The summed E-state index contributed by atoms with van der Waals surface area (Å²) in [5.41, 5.74) is 2.05. The zero-order chi connectivity index (χ0) is 13.4. The van der Waals surface area contributed by atoms with E-state index in [1.807, 2.05) is 38.1 Å². The van der Waals surface area contributed by atoms with E-state index in [4.69, 9.17) is 9.47 Å². The number of anilines is 1. The third-order valence-electron chi connectivity index (χ3n) is 2.59. The summed E-state index contributed by atoms with van der Waals surface area (Å²) in [6.07, 6.45) is 0. The molecule has 18 heavy (non-hydrogen) atoms. The van der Waals surface area contributed by atoms with Gasteiger partial charge in [0.15, 0.2) is 0 Å². The average Bonchev–Trinajstić information content (AvgIpc) is 2.36. The first-order valence-electron chi connectivity index (χ1n) is 6.12. The van der Waals surface area contributed by atoms with Crippen molar-refractivity contribution in [1.29, 1.82) is 0 Å². The molecule has 0 radical (unpaired) electrons. The summed E-state index contributed by atoms with van der Waals surface area (Å²) in [7, 11) is 1.61. The van der Waals surface area contributed by atoms with Gasteiger partial charge in [-0.3, -0.25) is 4.79 Å². The van der Waals surface area contributed by atoms with Crippen LogP contribution in [0.4, 0.5) is 5.69 Å². The fraction of sp³-hybridized carbons (Fsp3) is 0.500. The number of likely N-dealkylation sites (N-methyl/N-ethyl adjacent to an activating group) is 1. The Morgan fingerprint density at radius 3 is 2.72 bits per heavy atom. The third-order valence-corrected chi connectivity index (χ3v) is 2.59. The fourth-order valence-electron chi connectivity index (χ4n) is 1.68. The predicted molar refractivity (Wildman–Crippen MR) is 71.9 cm³/mol. The minimum Gasteiger partial charge on any atom is -0.382 e. The first-order valence-corrected chi connectivity index (χ1v) is 6.12. The lowest BCUT2D eigenvalue weighted by atomic mass is 10.2. The highest BCUT2D eigenvalue weighted by Gasteiger charge is 2.13. The normalized spacial score (nSPS) is 10.4. The van der Waals surface area contributed by atoms with E-state index in [1.165, 1.54) is 0 Å². The highest BCUT2D eigenvalue weighted by atomic mass is 16.5. The molecule has 0 heterocycles. The van der Waals surface area contributed by atoms with E-state index in [1.54, 1.807) is 12.0 Å². The molecule has 0 aliphatic rings. The molecule has 100 valence electrons. The Morgan fingerprint density at radius 1 is 1.33 bits per heavy atom. The molecule has 4 nitrogen and oxygen atoms in total. The molecule has 1 rings (SSSR count). The maximum absolute atomic E-state index is 12.0. The Hall–Kier alpha value is -1.39. The van der Waals surface area contributed by atoms with Crippen LogP contribution in [0.1, 0.15) is 12.5 Å². The number of ether oxygens (including phenoxy) is 2. The number of carbonyl (C=O) groups excluding carboxylic acids is 1. The zero-order valence-corrected chi connectivity index (χ0v) is 11.3. The van der Waals surface area contributed by atoms with Crippen molar-refractivity contribution in [3.8, 4) is 0 Å². The van der Waals surface area contributed by atoms with Crippen molar-refractivity contribution in [1.82, 2.24) is 0 Å². The van der Waals surface area contributed by atoms with Crippen molar-refractivity contribution in [2.24, 2.45) is 0 Å². The number of amides is 1. The molecule has 0 saturated carbocycles. The average molecular weight is 251 g/mol. The molecule has 0 aliphatic heterocycles. The van der Waals surface area contributed by atoms with Crippen molar-refractivity contribution in [2.45, 2.75) is 13.8 Å². The fourth-order valence-corrected chi connectivity index (χ4v) is 1.68. The summed E-state index contributed by atoms with van der Waals surface area (Å²) < 4.78 is 10.1. The second-order valence-corrected chi connectivity index (χ2v) is 4.02. The van der Waals surface area contributed by atoms with Crippen molar-refractivity contribution in [2.75, 3.05) is 38.4 Å². The molecule has 1 aromatic carbocycles. The Labute approximate surface area is 108 Å². The van der Waals surface area contributed by atoms with Gasteiger partial charge < -0.3 is 14.4 Å². The second-order valence-electron chi connectivity index (χ2n) is 4.02. The van der Waals surface area contributed by atoms with E-state index in [2.05, 4.69) is 0 Å². The minimum absolute atomic E-state index is 0.0285. The molecule has 0 spiro atoms. The summed E-state index contributed by atoms with van der Waals surface area (Å²) in [6.45, 7) is 5.63. The number of carbonyl (C=O) groups is 1. The lowest BCUT2D eigenvalue weighted by molar-refractivity contribution is -0.123. The summed E-state index contributed by atoms with van der Waals surface area (Å²) in [5.74, 6) is -0.0285. The molecular formula is C14H21NO3. The minimum atomic E-state index is -0.0285. The first kappa shape index (κ1) is 14.7. The molecule has 1 amide bonds. The second kappa shape index (κ2) is 7.84. The van der Waals surface area contributed by atoms with E-state index in [0.717, 1.165) is 11.3 Å². The van der Waals surface area contributed by atoms with Crippen LogP contribution in [0.25, 0.3) is 0 Å². The van der Waals surface area contributed by atoms with Crippen LogP contribution in [-0.2, 0) is 14.3 Å². The lowest BCUT2D eigenvalue weighted by Gasteiger charge is -2.21. The van der Waals surface area contributed by atoms with Gasteiger partial charge in [0.1, 0.15) is 6.61 Å². The van der Waals surface area contributed by atoms with Crippen LogP contribution in [0.3, 0.4) is 0 Å². The standard InChI is InChI=1S/C14H21NO3/c1-4-15(13-7-5-6-12(2)10-13)14(16)11-18-9-8-17-3/h5-7,10H,4,8-9,11H2,1-3H3. The maximum Gasteiger partial charge on any atom is 0.252 e. The van der Waals surface area contributed by atoms with Crippen LogP contribution in [0, 0.1) is 6.92 Å². The predicted octanol–water partition coefficient (Wildman–Crippen LogP) is 2.01. The number of nitrogens with zero attached hydrogens (tertiary/aromatic N) is 1. The summed E-state index contributed by atoms with van der Waals surface area (Å²) in [6, 6.07) is 7.89. The summed E-state index contributed by atoms with van der Waals surface area (Å²) >= 11 is 0. The summed E-state index contributed by atoms with van der Waals surface area (Å²) in [4.78, 5) is 13.7. The SMILES string of the molecule is CCN(C(=O)COCCOC)c1cccc(C)c1. The van der Waals surface area contributed by atoms with Crippen molar-refractivity contribution >= 4 is 11.6 Å². The Balaban J connectivity index is 2.57. The van der Waals surface area contributed by atoms with Crippen LogP contribution < -0.4 is 4.90 Å². The van der Waals surface area contributed by atoms with Gasteiger partial charge in [0.25, 0.3) is 5.91 Å². The highest BCUT2D eigenvalue weighted by molar-refractivity contribution is 5.94. The number of hydrogen-bond acceptors (Lipinski definition) is 3. The number of aryl methyl sites for hydroxylation is 1. The molecule has 0 aromatic heterocycles. The van der Waals surface area contributed by atoms with Gasteiger partial charge in [0, 0.05) is 19.3 Å². The van der Waals surface area contributed by atoms with Gasteiger partial charge in [0.05, 0.1) is 13.2 Å². The quantitative estimate of drug-likeness (QED) is 0.696. The number of rotatable bonds is 7. The van der Waals surface area contributed by atoms with Gasteiger partial charge in [-0.2, -0.15) is 0 Å². The van der Waals surface area contributed by atoms with Crippen LogP contribution >= 0.6 is 0 Å². The van der Waals surface area contributed by atoms with Crippen molar-refractivity contribution in [3.05, 3.63) is 29.8 Å². The van der Waals surface area contributed by atoms with Crippen LogP contribution in [0.5, 0.6) is 0 Å². The number of benzene rings is 1. The molecule has 0 unspecified atom stereocenters. The van der Waals surface area contributed by atoms with Crippen molar-refractivity contribution < 1.29 is 14.3 Å². The highest BCUT2D eigenvalue weighted by Crippen LogP contribution is 2.15. The zero-order valence-electron chi connectivity index (χ0n) is 11.3. The lowest BCUT2D eigenvalue weighted by Crippen LogP contribution is -2.34. The first-order chi connectivity index (χ1) is 8.69. The van der Waals surface area contributed by atoms with Gasteiger partial charge in [-0.25, -0.2) is 0 Å². The van der Waals surface area contributed by atoms with Crippen molar-refractivity contribution in [3.63, 3.8) is 0 Å². The molecule has 0 saturated heterocycles. The van der Waals surface area contributed by atoms with E-state index in [9.17, 15) is 4.79 Å². The van der Waals surface area contributed by atoms with E-state index >= 15 is 0 Å². The van der Waals surface area contributed by atoms with Gasteiger partial charge in [-0.15, -0.1) is 0 Å². The maximum atomic E-state index is 12.0. The molecule has 0 N–H and O–H groups in total. The number of methoxy groups -OCH3 is 1. The molecule has 0 atom stereocenters. The van der Waals surface area contributed by atoms with Crippen LogP contribution in [0.15, 0.2) is 24.3 Å². The Morgan fingerprint density at radius 2 is 2.11 bits per heavy atom. The summed E-state index contributed by atoms with van der Waals surface area (Å²) in [5, 5.41) is 0. The van der Waals surface area contributed by atoms with E-state index < -0.39 is 0 Å². The molecule has 0 fully saturated rings. The molecular weight excluding hydrogens is 230 g/mol. The number of hydrogen-bond donors (Lipinski definition) is 0. The van der Waals surface area contributed by atoms with E-state index in [-0.39, 0.29) is 12.5 Å². The van der Waals surface area contributed by atoms with Gasteiger partial charge in [-0.1, -0.05) is 12.1 Å². The monoisotopic (exact) mass is 251 g/mol. The van der Waals surface area contributed by atoms with E-state index in [0.29, 0.717) is 19.8 Å². The Bertz CT molecular complexity index is 379. The largest absolute Gasteiger partial charge is 0.382 e. The molecule has 1 aromatic rings. The van der Waals surface area contributed by atoms with Crippen LogP contribution in [-0.4, -0.2) is 39.4 Å². The molecule has 0 bridgehead atoms. The van der Waals surface area contributed by atoms with Gasteiger partial charge in [0.2, 0.25) is 0 Å². The molecule has 4 heteroatoms. The molecule has 0 aliphatic carbocycles. The third kappa shape index (κ3) is 4.47. The van der Waals surface area contributed by atoms with Crippen LogP contribution in [0.2, 0.25) is 0 Å². The smallest absolute Gasteiger partial charge is 0.252 e. The van der Waals surface area contributed by atoms with Gasteiger partial charge >= 0.3 is 0 Å².